The molecule has 3 rings (SSSR count). The van der Waals surface area contributed by atoms with Crippen LogP contribution in [0.1, 0.15) is 21.5 Å². The number of urea groups is 1. The molecule has 0 aromatic heterocycles. The number of nitrogens with one attached hydrogen (secondary N) is 2. The van der Waals surface area contributed by atoms with E-state index < -0.39 is 41.0 Å². The molecule has 3 aromatic rings. The number of rotatable bonds is 6. The second-order valence-electron chi connectivity index (χ2n) is 7.08. The van der Waals surface area contributed by atoms with E-state index in [2.05, 4.69) is 23.4 Å². The van der Waals surface area contributed by atoms with Crippen molar-refractivity contribution < 1.29 is 31.5 Å². The van der Waals surface area contributed by atoms with Crippen LogP contribution in [-0.4, -0.2) is 18.5 Å². The van der Waals surface area contributed by atoms with Gasteiger partial charge in [-0.1, -0.05) is 37.1 Å². The fourth-order valence-electron chi connectivity index (χ4n) is 3.02. The second kappa shape index (κ2) is 10.6. The zero-order chi connectivity index (χ0) is 24.9. The first kappa shape index (κ1) is 25.0. The first-order valence-electron chi connectivity index (χ1n) is 9.84. The number of carbonyl (C=O) groups excluding carboxylic acids is 2. The lowest BCUT2D eigenvalue weighted by atomic mass is 10.1. The van der Waals surface area contributed by atoms with Gasteiger partial charge in [0.05, 0.1) is 16.8 Å². The van der Waals surface area contributed by atoms with Gasteiger partial charge in [-0.2, -0.15) is 13.2 Å². The molecule has 0 spiro atoms. The highest BCUT2D eigenvalue weighted by atomic mass is 32.1. The van der Waals surface area contributed by atoms with Crippen LogP contribution in [0.4, 0.5) is 38.1 Å². The van der Waals surface area contributed by atoms with Crippen molar-refractivity contribution in [2.75, 3.05) is 16.2 Å². The summed E-state index contributed by atoms with van der Waals surface area (Å²) < 4.78 is 68.3. The van der Waals surface area contributed by atoms with E-state index in [0.717, 1.165) is 23.8 Å². The molecule has 0 radical (unpaired) electrons. The van der Waals surface area contributed by atoms with E-state index in [1.165, 1.54) is 42.5 Å². The zero-order valence-corrected chi connectivity index (χ0v) is 18.3. The maximum Gasteiger partial charge on any atom is 0.418 e. The minimum atomic E-state index is -4.89. The normalized spacial score (nSPS) is 11.1. The number of carbonyl (C=O) groups is 2. The topological polar surface area (TPSA) is 61.4 Å². The zero-order valence-electron chi connectivity index (χ0n) is 17.4. The number of amides is 3. The maximum absolute atomic E-state index is 13.8. The lowest BCUT2D eigenvalue weighted by Gasteiger charge is -2.22. The van der Waals surface area contributed by atoms with Gasteiger partial charge in [0.1, 0.15) is 11.6 Å². The molecule has 0 aliphatic rings. The molecule has 3 aromatic carbocycles. The lowest BCUT2D eigenvalue weighted by molar-refractivity contribution is -0.136. The van der Waals surface area contributed by atoms with Gasteiger partial charge >= 0.3 is 12.2 Å². The van der Waals surface area contributed by atoms with Crippen molar-refractivity contribution in [2.45, 2.75) is 12.6 Å². The third-order valence-electron chi connectivity index (χ3n) is 4.70. The van der Waals surface area contributed by atoms with Crippen LogP contribution in [0.15, 0.2) is 66.7 Å². The fraction of sp³-hybridized carbons (Fsp3) is 0.130. The molecule has 178 valence electrons. The van der Waals surface area contributed by atoms with Gasteiger partial charge in [0.2, 0.25) is 0 Å². The number of thiol groups is 1. The predicted molar refractivity (Wildman–Crippen MR) is 121 cm³/mol. The quantitative estimate of drug-likeness (QED) is 0.297. The molecular weight excluding hydrogens is 477 g/mol. The van der Waals surface area contributed by atoms with Crippen molar-refractivity contribution in [1.82, 2.24) is 5.32 Å². The third kappa shape index (κ3) is 6.25. The summed E-state index contributed by atoms with van der Waals surface area (Å²) in [4.78, 5) is 24.6. The summed E-state index contributed by atoms with van der Waals surface area (Å²) in [6.45, 7) is 0.0691. The number of hydrogen-bond donors (Lipinski definition) is 3. The molecule has 0 fully saturated rings. The summed E-state index contributed by atoms with van der Waals surface area (Å²) in [6.07, 6.45) is -4.57. The summed E-state index contributed by atoms with van der Waals surface area (Å²) in [7, 11) is 0. The number of nitrogens with zero attached hydrogens (tertiary/aromatic N) is 1. The van der Waals surface area contributed by atoms with E-state index in [9.17, 15) is 31.5 Å². The van der Waals surface area contributed by atoms with Gasteiger partial charge in [0.15, 0.2) is 0 Å². The summed E-state index contributed by atoms with van der Waals surface area (Å²) in [5.74, 6) is -2.17. The molecule has 2 N–H and O–H groups in total. The maximum atomic E-state index is 13.8. The van der Waals surface area contributed by atoms with Crippen LogP contribution >= 0.6 is 12.8 Å². The molecule has 5 nitrogen and oxygen atoms in total. The molecule has 0 unspecified atom stereocenters. The number of hydrogen-bond acceptors (Lipinski definition) is 3. The SMILES string of the molecule is O=C(Nc1ccc(N(S)C(=O)NCCc2ccc(F)cc2)c(C(F)(F)F)c1)c1ccccc1F. The van der Waals surface area contributed by atoms with E-state index in [1.807, 2.05) is 0 Å². The van der Waals surface area contributed by atoms with Gasteiger partial charge in [-0.15, -0.1) is 0 Å². The first-order valence-corrected chi connectivity index (χ1v) is 10.2. The van der Waals surface area contributed by atoms with Crippen molar-refractivity contribution in [2.24, 2.45) is 0 Å². The Morgan fingerprint density at radius 2 is 1.62 bits per heavy atom. The molecule has 0 saturated carbocycles. The number of benzene rings is 3. The monoisotopic (exact) mass is 495 g/mol. The molecule has 3 amide bonds. The van der Waals surface area contributed by atoms with Crippen LogP contribution in [0.3, 0.4) is 0 Å². The van der Waals surface area contributed by atoms with Crippen molar-refractivity contribution in [3.8, 4) is 0 Å². The second-order valence-corrected chi connectivity index (χ2v) is 7.48. The van der Waals surface area contributed by atoms with Crippen LogP contribution in [0.5, 0.6) is 0 Å². The van der Waals surface area contributed by atoms with Crippen LogP contribution < -0.4 is 14.9 Å². The van der Waals surface area contributed by atoms with E-state index in [1.54, 1.807) is 0 Å². The summed E-state index contributed by atoms with van der Waals surface area (Å²) in [6, 6.07) is 12.4. The summed E-state index contributed by atoms with van der Waals surface area (Å²) >= 11 is 3.90. The van der Waals surface area contributed by atoms with E-state index >= 15 is 0 Å². The smallest absolute Gasteiger partial charge is 0.337 e. The molecular formula is C23H18F5N3O2S. The summed E-state index contributed by atoms with van der Waals surface area (Å²) in [5, 5.41) is 4.65. The van der Waals surface area contributed by atoms with Crippen molar-refractivity contribution >= 4 is 36.1 Å². The highest BCUT2D eigenvalue weighted by molar-refractivity contribution is 7.82. The van der Waals surface area contributed by atoms with Crippen LogP contribution in [0.2, 0.25) is 0 Å². The van der Waals surface area contributed by atoms with Crippen LogP contribution in [0.25, 0.3) is 0 Å². The molecule has 11 heteroatoms. The average Bonchev–Trinajstić information content (AvgIpc) is 2.79. The van der Waals surface area contributed by atoms with E-state index in [0.29, 0.717) is 16.8 Å². The number of anilines is 2. The molecule has 0 aliphatic heterocycles. The predicted octanol–water partition coefficient (Wildman–Crippen LogP) is 5.84. The Hall–Kier alpha value is -3.60. The van der Waals surface area contributed by atoms with Crippen LogP contribution in [-0.2, 0) is 12.6 Å². The van der Waals surface area contributed by atoms with Gasteiger partial charge < -0.3 is 10.6 Å². The van der Waals surface area contributed by atoms with Crippen molar-refractivity contribution in [3.05, 3.63) is 95.1 Å². The third-order valence-corrected chi connectivity index (χ3v) is 5.10. The van der Waals surface area contributed by atoms with E-state index in [4.69, 9.17) is 0 Å². The summed E-state index contributed by atoms with van der Waals surface area (Å²) in [5.41, 5.74) is -1.67. The van der Waals surface area contributed by atoms with Crippen LogP contribution in [0, 0.1) is 11.6 Å². The molecule has 0 heterocycles. The molecule has 0 bridgehead atoms. The minimum Gasteiger partial charge on any atom is -0.337 e. The standard InChI is InChI=1S/C23H18F5N3O2S/c24-15-7-5-14(6-8-15)11-12-29-22(33)31(34)20-10-9-16(13-18(20)23(26,27)28)30-21(32)17-3-1-2-4-19(17)25/h1-10,13,34H,11-12H2,(H,29,33)(H,30,32). The van der Waals surface area contributed by atoms with Crippen molar-refractivity contribution in [1.29, 1.82) is 0 Å². The van der Waals surface area contributed by atoms with Crippen molar-refractivity contribution in [3.63, 3.8) is 0 Å². The van der Waals surface area contributed by atoms with Gasteiger partial charge in [-0.05, 0) is 54.4 Å². The number of halogens is 5. The van der Waals surface area contributed by atoms with Gasteiger partial charge in [0.25, 0.3) is 5.91 Å². The average molecular weight is 495 g/mol. The molecule has 34 heavy (non-hydrogen) atoms. The Morgan fingerprint density at radius 3 is 2.26 bits per heavy atom. The Kier molecular flexibility index (Phi) is 7.77. The Bertz CT molecular complexity index is 1190. The van der Waals surface area contributed by atoms with Gasteiger partial charge in [-0.25, -0.2) is 17.9 Å². The first-order chi connectivity index (χ1) is 16.1. The molecule has 0 atom stereocenters. The Labute approximate surface area is 197 Å². The Morgan fingerprint density at radius 1 is 0.941 bits per heavy atom. The Balaban J connectivity index is 1.73. The lowest BCUT2D eigenvalue weighted by Crippen LogP contribution is -2.36. The van der Waals surface area contributed by atoms with Gasteiger partial charge in [-0.3, -0.25) is 4.79 Å². The molecule has 0 saturated heterocycles. The van der Waals surface area contributed by atoms with E-state index in [-0.39, 0.29) is 17.8 Å². The highest BCUT2D eigenvalue weighted by Gasteiger charge is 2.36. The fourth-order valence-corrected chi connectivity index (χ4v) is 3.26. The van der Waals surface area contributed by atoms with Gasteiger partial charge in [0, 0.05) is 12.2 Å². The highest BCUT2D eigenvalue weighted by Crippen LogP contribution is 2.39. The molecule has 0 aliphatic carbocycles. The minimum absolute atomic E-state index is 0.0691. The number of alkyl halides is 3. The largest absolute Gasteiger partial charge is 0.418 e.